The Morgan fingerprint density at radius 2 is 1.67 bits per heavy atom. The average Bonchev–Trinajstić information content (AvgIpc) is 2.36. The number of carbonyl (C=O) groups excluding carboxylic acids is 1. The summed E-state index contributed by atoms with van der Waals surface area (Å²) in [5, 5.41) is 2.45. The van der Waals surface area contributed by atoms with Crippen LogP contribution in [0.5, 0.6) is 0 Å². The third kappa shape index (κ3) is 13.3. The molecule has 0 saturated carbocycles. The molecule has 0 spiro atoms. The maximum Gasteiger partial charge on any atom is 0.407 e. The lowest BCUT2D eigenvalue weighted by atomic mass is 10.1. The van der Waals surface area contributed by atoms with Crippen LogP contribution in [0.25, 0.3) is 0 Å². The van der Waals surface area contributed by atoms with Crippen molar-refractivity contribution in [3.05, 3.63) is 0 Å². The van der Waals surface area contributed by atoms with Crippen LogP contribution in [0.4, 0.5) is 4.79 Å². The van der Waals surface area contributed by atoms with Crippen molar-refractivity contribution in [3.8, 4) is 0 Å². The summed E-state index contributed by atoms with van der Waals surface area (Å²) in [6.07, 6.45) is 1.71. The first-order valence-corrected chi connectivity index (χ1v) is 7.02. The summed E-state index contributed by atoms with van der Waals surface area (Å²) in [6.45, 7) is 12.4. The van der Waals surface area contributed by atoms with Crippen molar-refractivity contribution in [2.75, 3.05) is 27.2 Å². The van der Waals surface area contributed by atoms with Gasteiger partial charge in [-0.05, 0) is 39.3 Å². The van der Waals surface area contributed by atoms with E-state index in [4.69, 9.17) is 4.74 Å². The van der Waals surface area contributed by atoms with Gasteiger partial charge in [0.15, 0.2) is 0 Å². The number of carbonyl (C=O) groups is 1. The zero-order valence-corrected chi connectivity index (χ0v) is 13.2. The Bertz CT molecular complexity index is 196. The number of nitrogens with one attached hydrogen (secondary N) is 1. The molecule has 110 valence electrons. The molecule has 1 atom stereocenters. The van der Waals surface area contributed by atoms with Crippen LogP contribution in [0.1, 0.15) is 47.5 Å². The van der Waals surface area contributed by atoms with E-state index in [2.05, 4.69) is 31.1 Å². The second-order valence-electron chi connectivity index (χ2n) is 4.74. The first-order valence-electron chi connectivity index (χ1n) is 7.02. The Kier molecular flexibility index (Phi) is 13.8. The third-order valence-electron chi connectivity index (χ3n) is 2.52. The molecule has 0 aliphatic heterocycles. The molecular weight excluding hydrogens is 228 g/mol. The van der Waals surface area contributed by atoms with E-state index in [1.54, 1.807) is 7.05 Å². The number of ether oxygens (including phenoxy) is 1. The fourth-order valence-corrected chi connectivity index (χ4v) is 1.29. The molecule has 0 radical (unpaired) electrons. The number of hydrogen-bond acceptors (Lipinski definition) is 3. The van der Waals surface area contributed by atoms with Crippen LogP contribution in [0.15, 0.2) is 0 Å². The van der Waals surface area contributed by atoms with Gasteiger partial charge in [0, 0.05) is 13.6 Å². The minimum Gasteiger partial charge on any atom is -0.447 e. The van der Waals surface area contributed by atoms with Crippen molar-refractivity contribution >= 4 is 6.09 Å². The number of rotatable bonds is 7. The van der Waals surface area contributed by atoms with E-state index in [-0.39, 0.29) is 12.2 Å². The van der Waals surface area contributed by atoms with Gasteiger partial charge in [-0.15, -0.1) is 0 Å². The smallest absolute Gasteiger partial charge is 0.407 e. The first kappa shape index (κ1) is 19.6. The van der Waals surface area contributed by atoms with E-state index in [9.17, 15) is 4.79 Å². The molecule has 1 N–H and O–H groups in total. The van der Waals surface area contributed by atoms with Crippen LogP contribution in [0, 0.1) is 5.92 Å². The first-order chi connectivity index (χ1) is 8.45. The molecule has 0 rings (SSSR count). The topological polar surface area (TPSA) is 41.6 Å². The van der Waals surface area contributed by atoms with Gasteiger partial charge in [0.25, 0.3) is 0 Å². The minimum absolute atomic E-state index is 0.0264. The Hall–Kier alpha value is -0.770. The van der Waals surface area contributed by atoms with Crippen molar-refractivity contribution in [1.82, 2.24) is 10.2 Å². The fourth-order valence-electron chi connectivity index (χ4n) is 1.29. The molecular formula is C14H32N2O2. The van der Waals surface area contributed by atoms with E-state index in [0.29, 0.717) is 0 Å². The van der Waals surface area contributed by atoms with Crippen LogP contribution in [-0.2, 0) is 4.74 Å². The number of hydrogen-bond donors (Lipinski definition) is 1. The molecule has 0 bridgehead atoms. The molecule has 0 aliphatic rings. The van der Waals surface area contributed by atoms with E-state index in [1.165, 1.54) is 6.42 Å². The lowest BCUT2D eigenvalue weighted by Crippen LogP contribution is -2.28. The highest BCUT2D eigenvalue weighted by atomic mass is 16.6. The molecule has 0 aromatic carbocycles. The van der Waals surface area contributed by atoms with Crippen LogP contribution >= 0.6 is 0 Å². The standard InChI is InChI=1S/C12H26N2O2.C2H6/c1-10(2)6-8-14(5)9-7-11(3)16-12(15)13-4;1-2/h10-11H,6-9H2,1-5H3,(H,13,15);1-2H3. The molecule has 0 aromatic rings. The second kappa shape index (κ2) is 12.7. The SMILES string of the molecule is CC.CNC(=O)OC(C)CCN(C)CCC(C)C. The van der Waals surface area contributed by atoms with Crippen LogP contribution in [0.2, 0.25) is 0 Å². The monoisotopic (exact) mass is 260 g/mol. The summed E-state index contributed by atoms with van der Waals surface area (Å²) >= 11 is 0. The molecule has 1 amide bonds. The summed E-state index contributed by atoms with van der Waals surface area (Å²) in [5.41, 5.74) is 0. The molecule has 0 aliphatic carbocycles. The molecule has 4 heteroatoms. The van der Waals surface area contributed by atoms with Crippen molar-refractivity contribution in [1.29, 1.82) is 0 Å². The lowest BCUT2D eigenvalue weighted by Gasteiger charge is -2.20. The predicted octanol–water partition coefficient (Wildman–Crippen LogP) is 3.13. The summed E-state index contributed by atoms with van der Waals surface area (Å²) in [5.74, 6) is 0.738. The van der Waals surface area contributed by atoms with Gasteiger partial charge < -0.3 is 15.0 Å². The maximum atomic E-state index is 10.9. The Morgan fingerprint density at radius 3 is 2.11 bits per heavy atom. The molecule has 0 saturated heterocycles. The van der Waals surface area contributed by atoms with Crippen LogP contribution < -0.4 is 5.32 Å². The Balaban J connectivity index is 0. The van der Waals surface area contributed by atoms with Gasteiger partial charge in [-0.2, -0.15) is 0 Å². The van der Waals surface area contributed by atoms with E-state index in [0.717, 1.165) is 25.4 Å². The normalized spacial score (nSPS) is 11.8. The minimum atomic E-state index is -0.350. The van der Waals surface area contributed by atoms with Gasteiger partial charge in [-0.1, -0.05) is 27.7 Å². The molecule has 0 fully saturated rings. The molecule has 0 heterocycles. The third-order valence-corrected chi connectivity index (χ3v) is 2.52. The summed E-state index contributed by atoms with van der Waals surface area (Å²) < 4.78 is 5.10. The zero-order chi connectivity index (χ0) is 14.6. The number of nitrogens with zero attached hydrogens (tertiary/aromatic N) is 1. The van der Waals surface area contributed by atoms with Crippen molar-refractivity contribution in [2.45, 2.75) is 53.6 Å². The van der Waals surface area contributed by atoms with Gasteiger partial charge in [0.2, 0.25) is 0 Å². The van der Waals surface area contributed by atoms with Gasteiger partial charge in [0.05, 0.1) is 0 Å². The van der Waals surface area contributed by atoms with Gasteiger partial charge >= 0.3 is 6.09 Å². The highest BCUT2D eigenvalue weighted by Gasteiger charge is 2.09. The van der Waals surface area contributed by atoms with E-state index in [1.807, 2.05) is 20.8 Å². The van der Waals surface area contributed by atoms with Crippen LogP contribution in [0.3, 0.4) is 0 Å². The highest BCUT2D eigenvalue weighted by molar-refractivity contribution is 5.66. The largest absolute Gasteiger partial charge is 0.447 e. The van der Waals surface area contributed by atoms with Crippen molar-refractivity contribution in [2.24, 2.45) is 5.92 Å². The van der Waals surface area contributed by atoms with Crippen molar-refractivity contribution in [3.63, 3.8) is 0 Å². The zero-order valence-electron chi connectivity index (χ0n) is 13.2. The lowest BCUT2D eigenvalue weighted by molar-refractivity contribution is 0.0975. The second-order valence-corrected chi connectivity index (χ2v) is 4.74. The van der Waals surface area contributed by atoms with Crippen LogP contribution in [-0.4, -0.2) is 44.3 Å². The average molecular weight is 260 g/mol. The number of amides is 1. The maximum absolute atomic E-state index is 10.9. The van der Waals surface area contributed by atoms with Gasteiger partial charge in [0.1, 0.15) is 6.10 Å². The summed E-state index contributed by atoms with van der Waals surface area (Å²) in [6, 6.07) is 0. The fraction of sp³-hybridized carbons (Fsp3) is 0.929. The summed E-state index contributed by atoms with van der Waals surface area (Å²) in [4.78, 5) is 13.2. The predicted molar refractivity (Wildman–Crippen MR) is 77.9 cm³/mol. The molecule has 4 nitrogen and oxygen atoms in total. The van der Waals surface area contributed by atoms with E-state index >= 15 is 0 Å². The van der Waals surface area contributed by atoms with E-state index < -0.39 is 0 Å². The Morgan fingerprint density at radius 1 is 1.17 bits per heavy atom. The van der Waals surface area contributed by atoms with Gasteiger partial charge in [-0.3, -0.25) is 0 Å². The molecule has 18 heavy (non-hydrogen) atoms. The van der Waals surface area contributed by atoms with Crippen molar-refractivity contribution < 1.29 is 9.53 Å². The Labute approximate surface area is 113 Å². The number of alkyl carbamates (subject to hydrolysis) is 1. The molecule has 1 unspecified atom stereocenters. The molecule has 0 aromatic heterocycles. The van der Waals surface area contributed by atoms with Gasteiger partial charge in [-0.25, -0.2) is 4.79 Å². The summed E-state index contributed by atoms with van der Waals surface area (Å²) in [7, 11) is 3.68. The quantitative estimate of drug-likeness (QED) is 0.764. The highest BCUT2D eigenvalue weighted by Crippen LogP contribution is 2.03.